The Labute approximate surface area is 90.6 Å². The van der Waals surface area contributed by atoms with Crippen molar-refractivity contribution in [3.05, 3.63) is 25.3 Å². The summed E-state index contributed by atoms with van der Waals surface area (Å²) in [5.41, 5.74) is 0. The average molecular weight is 166 g/mol. The molecule has 0 saturated carbocycles. The molecule has 2 nitrogen and oxygen atoms in total. The van der Waals surface area contributed by atoms with Crippen LogP contribution in [0.1, 0.15) is 0 Å². The molecule has 1 fully saturated rings. The molecule has 1 aliphatic rings. The minimum atomic E-state index is 0. The zero-order chi connectivity index (χ0) is 7.66. The van der Waals surface area contributed by atoms with Crippen molar-refractivity contribution in [2.24, 2.45) is 0 Å². The zero-order valence-electron chi connectivity index (χ0n) is 6.21. The van der Waals surface area contributed by atoms with Crippen molar-refractivity contribution in [1.29, 1.82) is 0 Å². The van der Waals surface area contributed by atoms with Gasteiger partial charge in [-0.15, -0.1) is 13.2 Å². The van der Waals surface area contributed by atoms with E-state index in [9.17, 15) is 0 Å². The van der Waals surface area contributed by atoms with E-state index in [1.165, 1.54) is 0 Å². The monoisotopic (exact) mass is 166 g/mol. The first-order valence-electron chi connectivity index (χ1n) is 3.29. The van der Waals surface area contributed by atoms with Gasteiger partial charge >= 0.3 is 29.6 Å². The molecule has 0 bridgehead atoms. The van der Waals surface area contributed by atoms with E-state index in [4.69, 9.17) is 4.74 Å². The van der Waals surface area contributed by atoms with Gasteiger partial charge in [0, 0.05) is 0 Å². The Balaban J connectivity index is 0. The van der Waals surface area contributed by atoms with Gasteiger partial charge in [0.15, 0.2) is 0 Å². The molecule has 0 atom stereocenters. The van der Waals surface area contributed by atoms with Gasteiger partial charge in [0.2, 0.25) is 0 Å². The SMILES string of the molecule is C1CO1.C=CCOCC=C.[NaH]. The van der Waals surface area contributed by atoms with Crippen LogP contribution < -0.4 is 0 Å². The first-order valence-corrected chi connectivity index (χ1v) is 3.29. The normalized spacial score (nSPS) is 11.6. The second-order valence-electron chi connectivity index (χ2n) is 1.73. The molecule has 1 heterocycles. The molecule has 0 spiro atoms. The van der Waals surface area contributed by atoms with Gasteiger partial charge in [-0.2, -0.15) is 0 Å². The topological polar surface area (TPSA) is 21.8 Å². The van der Waals surface area contributed by atoms with Crippen LogP contribution in [0.3, 0.4) is 0 Å². The second-order valence-corrected chi connectivity index (χ2v) is 1.73. The number of hydrogen-bond donors (Lipinski definition) is 0. The third-order valence-corrected chi connectivity index (χ3v) is 0.676. The van der Waals surface area contributed by atoms with Crippen molar-refractivity contribution in [1.82, 2.24) is 0 Å². The Morgan fingerprint density at radius 2 is 1.55 bits per heavy atom. The number of ether oxygens (including phenoxy) is 2. The van der Waals surface area contributed by atoms with Crippen LogP contribution in [-0.2, 0) is 9.47 Å². The summed E-state index contributed by atoms with van der Waals surface area (Å²) in [7, 11) is 0. The van der Waals surface area contributed by atoms with Crippen molar-refractivity contribution in [2.75, 3.05) is 26.4 Å². The summed E-state index contributed by atoms with van der Waals surface area (Å²) in [6.45, 7) is 10.2. The molecule has 0 aliphatic carbocycles. The fourth-order valence-electron chi connectivity index (χ4n) is 0.235. The van der Waals surface area contributed by atoms with E-state index in [1.54, 1.807) is 12.2 Å². The predicted molar refractivity (Wildman–Crippen MR) is 49.2 cm³/mol. The Hall–Kier alpha value is 0.400. The van der Waals surface area contributed by atoms with E-state index < -0.39 is 0 Å². The van der Waals surface area contributed by atoms with Crippen LogP contribution in [0.15, 0.2) is 25.3 Å². The van der Waals surface area contributed by atoms with Crippen LogP contribution >= 0.6 is 0 Å². The van der Waals surface area contributed by atoms with Gasteiger partial charge in [-0.05, 0) is 0 Å². The van der Waals surface area contributed by atoms with E-state index in [0.717, 1.165) is 13.2 Å². The molecule has 0 aromatic rings. The molecule has 11 heavy (non-hydrogen) atoms. The van der Waals surface area contributed by atoms with Crippen LogP contribution in [0.2, 0.25) is 0 Å². The molecule has 1 saturated heterocycles. The molecular formula is C8H15NaO2. The van der Waals surface area contributed by atoms with Crippen LogP contribution in [0.25, 0.3) is 0 Å². The minimum absolute atomic E-state index is 0. The summed E-state index contributed by atoms with van der Waals surface area (Å²) < 4.78 is 9.40. The summed E-state index contributed by atoms with van der Waals surface area (Å²) in [5, 5.41) is 0. The molecule has 0 N–H and O–H groups in total. The number of hydrogen-bond acceptors (Lipinski definition) is 2. The fourth-order valence-corrected chi connectivity index (χ4v) is 0.235. The molecule has 0 aromatic heterocycles. The first-order chi connectivity index (χ1) is 4.91. The Bertz CT molecular complexity index is 81.3. The van der Waals surface area contributed by atoms with Crippen LogP contribution in [0, 0.1) is 0 Å². The Kier molecular flexibility index (Phi) is 16.5. The summed E-state index contributed by atoms with van der Waals surface area (Å²) in [6.07, 6.45) is 3.42. The average Bonchev–Trinajstić information content (AvgIpc) is 2.73. The van der Waals surface area contributed by atoms with Gasteiger partial charge < -0.3 is 9.47 Å². The third kappa shape index (κ3) is 25.2. The summed E-state index contributed by atoms with van der Waals surface area (Å²) >= 11 is 0. The Morgan fingerprint density at radius 3 is 1.73 bits per heavy atom. The van der Waals surface area contributed by atoms with Gasteiger partial charge in [-0.25, -0.2) is 0 Å². The van der Waals surface area contributed by atoms with Gasteiger partial charge in [-0.3, -0.25) is 0 Å². The van der Waals surface area contributed by atoms with E-state index in [2.05, 4.69) is 17.9 Å². The van der Waals surface area contributed by atoms with Crippen LogP contribution in [-0.4, -0.2) is 56.0 Å². The molecule has 0 amide bonds. The molecule has 0 unspecified atom stereocenters. The molecular weight excluding hydrogens is 151 g/mol. The van der Waals surface area contributed by atoms with Crippen LogP contribution in [0.4, 0.5) is 0 Å². The molecule has 60 valence electrons. The zero-order valence-corrected chi connectivity index (χ0v) is 6.21. The van der Waals surface area contributed by atoms with E-state index in [-0.39, 0.29) is 29.6 Å². The van der Waals surface area contributed by atoms with Gasteiger partial charge in [0.1, 0.15) is 0 Å². The third-order valence-electron chi connectivity index (χ3n) is 0.676. The van der Waals surface area contributed by atoms with Crippen molar-refractivity contribution in [3.8, 4) is 0 Å². The van der Waals surface area contributed by atoms with Crippen molar-refractivity contribution in [2.45, 2.75) is 0 Å². The van der Waals surface area contributed by atoms with Crippen molar-refractivity contribution >= 4 is 29.6 Å². The standard InChI is InChI=1S/C6H10O.C2H4O.Na.H/c1-3-5-7-6-4-2;1-2-3-1;;/h3-4H,1-2,5-6H2;1-2H2;;. The Morgan fingerprint density at radius 1 is 1.18 bits per heavy atom. The molecule has 1 aliphatic heterocycles. The maximum absolute atomic E-state index is 4.90. The van der Waals surface area contributed by atoms with E-state index in [1.807, 2.05) is 0 Å². The maximum atomic E-state index is 4.90. The number of epoxide rings is 1. The fraction of sp³-hybridized carbons (Fsp3) is 0.500. The van der Waals surface area contributed by atoms with Gasteiger partial charge in [0.05, 0.1) is 26.4 Å². The summed E-state index contributed by atoms with van der Waals surface area (Å²) in [5.74, 6) is 0. The quantitative estimate of drug-likeness (QED) is 0.266. The molecule has 0 aromatic carbocycles. The summed E-state index contributed by atoms with van der Waals surface area (Å²) in [6, 6.07) is 0. The van der Waals surface area contributed by atoms with Crippen molar-refractivity contribution in [3.63, 3.8) is 0 Å². The van der Waals surface area contributed by atoms with Gasteiger partial charge in [-0.1, -0.05) is 12.2 Å². The van der Waals surface area contributed by atoms with E-state index >= 15 is 0 Å². The first kappa shape index (κ1) is 14.0. The second kappa shape index (κ2) is 13.0. The molecule has 0 radical (unpaired) electrons. The molecule has 1 rings (SSSR count). The van der Waals surface area contributed by atoms with Crippen molar-refractivity contribution < 1.29 is 9.47 Å². The summed E-state index contributed by atoms with van der Waals surface area (Å²) in [4.78, 5) is 0. The van der Waals surface area contributed by atoms with E-state index in [0.29, 0.717) is 13.2 Å². The number of rotatable bonds is 4. The van der Waals surface area contributed by atoms with Gasteiger partial charge in [0.25, 0.3) is 0 Å². The van der Waals surface area contributed by atoms with Crippen LogP contribution in [0.5, 0.6) is 0 Å². The predicted octanol–water partition coefficient (Wildman–Crippen LogP) is 0.743. The molecule has 3 heteroatoms.